The Balaban J connectivity index is 2.36. The van der Waals surface area contributed by atoms with E-state index < -0.39 is 0 Å². The predicted octanol–water partition coefficient (Wildman–Crippen LogP) is 2.22. The Morgan fingerprint density at radius 1 is 1.43 bits per heavy atom. The van der Waals surface area contributed by atoms with E-state index in [-0.39, 0.29) is 6.61 Å². The first-order chi connectivity index (χ1) is 6.86. The highest BCUT2D eigenvalue weighted by molar-refractivity contribution is 5.30. The summed E-state index contributed by atoms with van der Waals surface area (Å²) in [5.41, 5.74) is 2.42. The molecule has 0 aromatic carbocycles. The van der Waals surface area contributed by atoms with Crippen LogP contribution in [0, 0.1) is 0 Å². The molecule has 1 aliphatic carbocycles. The molecular weight excluding hydrogens is 176 g/mol. The largest absolute Gasteiger partial charge is 0.392 e. The third-order valence-electron chi connectivity index (χ3n) is 2.22. The van der Waals surface area contributed by atoms with Crippen molar-refractivity contribution in [3.63, 3.8) is 0 Å². The lowest BCUT2D eigenvalue weighted by molar-refractivity contribution is 0.177. The minimum Gasteiger partial charge on any atom is -0.392 e. The fraction of sp³-hybridized carbons (Fsp3) is 0.500. The van der Waals surface area contributed by atoms with Gasteiger partial charge in [-0.25, -0.2) is 0 Å². The van der Waals surface area contributed by atoms with E-state index in [9.17, 15) is 0 Å². The lowest BCUT2D eigenvalue weighted by atomic mass is 9.99. The number of hydrogen-bond donors (Lipinski definition) is 1. The number of aliphatic hydroxyl groups is 1. The van der Waals surface area contributed by atoms with Crippen molar-refractivity contribution in [1.82, 2.24) is 0 Å². The monoisotopic (exact) mass is 194 g/mol. The fourth-order valence-corrected chi connectivity index (χ4v) is 1.35. The molecular formula is C12H18O2. The van der Waals surface area contributed by atoms with Crippen LogP contribution in [0.25, 0.3) is 0 Å². The molecule has 2 nitrogen and oxygen atoms in total. The molecule has 0 bridgehead atoms. The van der Waals surface area contributed by atoms with Gasteiger partial charge in [0, 0.05) is 6.61 Å². The highest BCUT2D eigenvalue weighted by Gasteiger charge is 2.02. The summed E-state index contributed by atoms with van der Waals surface area (Å²) >= 11 is 0. The van der Waals surface area contributed by atoms with Crippen molar-refractivity contribution in [2.75, 3.05) is 19.8 Å². The average Bonchev–Trinajstić information content (AvgIpc) is 2.25. The van der Waals surface area contributed by atoms with Crippen molar-refractivity contribution in [2.45, 2.75) is 19.8 Å². The molecule has 0 heterocycles. The van der Waals surface area contributed by atoms with Gasteiger partial charge < -0.3 is 9.84 Å². The molecule has 0 atom stereocenters. The Labute approximate surface area is 85.6 Å². The summed E-state index contributed by atoms with van der Waals surface area (Å²) in [6, 6.07) is 0. The number of aliphatic hydroxyl groups excluding tert-OH is 1. The molecule has 1 N–H and O–H groups in total. The van der Waals surface area contributed by atoms with Crippen molar-refractivity contribution in [1.29, 1.82) is 0 Å². The van der Waals surface area contributed by atoms with Gasteiger partial charge in [-0.15, -0.1) is 0 Å². The number of allylic oxidation sites excluding steroid dienone is 4. The van der Waals surface area contributed by atoms with Crippen molar-refractivity contribution in [3.8, 4) is 0 Å². The Morgan fingerprint density at radius 2 is 2.29 bits per heavy atom. The average molecular weight is 194 g/mol. The molecule has 0 aromatic heterocycles. The number of rotatable bonds is 5. The van der Waals surface area contributed by atoms with Gasteiger partial charge in [-0.2, -0.15) is 0 Å². The molecule has 0 saturated carbocycles. The van der Waals surface area contributed by atoms with Crippen LogP contribution >= 0.6 is 0 Å². The van der Waals surface area contributed by atoms with Gasteiger partial charge in [0.25, 0.3) is 0 Å². The topological polar surface area (TPSA) is 29.5 Å². The Hall–Kier alpha value is -0.860. The van der Waals surface area contributed by atoms with Gasteiger partial charge >= 0.3 is 0 Å². The molecule has 0 radical (unpaired) electrons. The molecule has 0 aromatic rings. The third kappa shape index (κ3) is 3.90. The van der Waals surface area contributed by atoms with Gasteiger partial charge in [0.15, 0.2) is 0 Å². The van der Waals surface area contributed by atoms with Crippen LogP contribution in [0.1, 0.15) is 19.8 Å². The quantitative estimate of drug-likeness (QED) is 0.680. The minimum absolute atomic E-state index is 0.187. The first-order valence-corrected chi connectivity index (χ1v) is 5.10. The van der Waals surface area contributed by atoms with Gasteiger partial charge in [-0.05, 0) is 30.9 Å². The highest BCUT2D eigenvalue weighted by atomic mass is 16.5. The van der Waals surface area contributed by atoms with Crippen LogP contribution < -0.4 is 0 Å². The molecule has 0 amide bonds. The standard InChI is InChI=1S/C12H18O2/c1-2-14-9-3-4-11-5-7-12(10-13)8-6-11/h3-5,7,13H,2,6,8-10H2,1H3/b4-3+. The van der Waals surface area contributed by atoms with Gasteiger partial charge in [0.05, 0.1) is 13.2 Å². The van der Waals surface area contributed by atoms with Crippen LogP contribution in [-0.2, 0) is 4.74 Å². The van der Waals surface area contributed by atoms with Gasteiger partial charge in [0.1, 0.15) is 0 Å². The van der Waals surface area contributed by atoms with Gasteiger partial charge in [0.2, 0.25) is 0 Å². The molecule has 1 rings (SSSR count). The minimum atomic E-state index is 0.187. The maximum Gasteiger partial charge on any atom is 0.0650 e. The van der Waals surface area contributed by atoms with Crippen molar-refractivity contribution < 1.29 is 9.84 Å². The first kappa shape index (κ1) is 11.2. The number of hydrogen-bond acceptors (Lipinski definition) is 2. The molecule has 0 unspecified atom stereocenters. The summed E-state index contributed by atoms with van der Waals surface area (Å²) in [5, 5.41) is 8.89. The molecule has 0 aliphatic heterocycles. The van der Waals surface area contributed by atoms with Gasteiger partial charge in [-0.3, -0.25) is 0 Å². The van der Waals surface area contributed by atoms with E-state index in [1.807, 2.05) is 19.1 Å². The zero-order valence-electron chi connectivity index (χ0n) is 8.70. The lowest BCUT2D eigenvalue weighted by Gasteiger charge is -2.09. The van der Waals surface area contributed by atoms with Crippen molar-refractivity contribution in [2.24, 2.45) is 0 Å². The zero-order chi connectivity index (χ0) is 10.2. The van der Waals surface area contributed by atoms with Crippen LogP contribution in [0.15, 0.2) is 35.5 Å². The van der Waals surface area contributed by atoms with Crippen LogP contribution in [0.4, 0.5) is 0 Å². The fourth-order valence-electron chi connectivity index (χ4n) is 1.35. The molecule has 78 valence electrons. The summed E-state index contributed by atoms with van der Waals surface area (Å²) in [7, 11) is 0. The molecule has 2 heteroatoms. The zero-order valence-corrected chi connectivity index (χ0v) is 8.70. The molecule has 0 spiro atoms. The summed E-state index contributed by atoms with van der Waals surface area (Å²) < 4.78 is 5.20. The second-order valence-electron chi connectivity index (χ2n) is 3.29. The molecule has 0 fully saturated rings. The van der Waals surface area contributed by atoms with E-state index in [1.165, 1.54) is 5.57 Å². The van der Waals surface area contributed by atoms with Crippen LogP contribution in [0.5, 0.6) is 0 Å². The van der Waals surface area contributed by atoms with E-state index in [1.54, 1.807) is 0 Å². The Kier molecular flexibility index (Phi) is 5.27. The first-order valence-electron chi connectivity index (χ1n) is 5.10. The van der Waals surface area contributed by atoms with Crippen LogP contribution in [0.3, 0.4) is 0 Å². The van der Waals surface area contributed by atoms with E-state index >= 15 is 0 Å². The lowest BCUT2D eigenvalue weighted by Crippen LogP contribution is -1.96. The maximum absolute atomic E-state index is 8.89. The van der Waals surface area contributed by atoms with E-state index in [0.717, 1.165) is 25.0 Å². The summed E-state index contributed by atoms with van der Waals surface area (Å²) in [6.07, 6.45) is 10.2. The summed E-state index contributed by atoms with van der Waals surface area (Å²) in [6.45, 7) is 3.62. The van der Waals surface area contributed by atoms with Crippen molar-refractivity contribution in [3.05, 3.63) is 35.5 Å². The Morgan fingerprint density at radius 3 is 2.86 bits per heavy atom. The second-order valence-corrected chi connectivity index (χ2v) is 3.29. The summed E-state index contributed by atoms with van der Waals surface area (Å²) in [4.78, 5) is 0. The van der Waals surface area contributed by atoms with E-state index in [2.05, 4.69) is 12.2 Å². The van der Waals surface area contributed by atoms with Crippen LogP contribution in [-0.4, -0.2) is 24.9 Å². The Bertz CT molecular complexity index is 249. The summed E-state index contributed by atoms with van der Waals surface area (Å²) in [5.74, 6) is 0. The predicted molar refractivity (Wildman–Crippen MR) is 58.1 cm³/mol. The SMILES string of the molecule is CCOC/C=C/C1=CC=C(CO)CC1. The van der Waals surface area contributed by atoms with E-state index in [4.69, 9.17) is 9.84 Å². The smallest absolute Gasteiger partial charge is 0.0650 e. The van der Waals surface area contributed by atoms with Crippen LogP contribution in [0.2, 0.25) is 0 Å². The number of ether oxygens (including phenoxy) is 1. The normalized spacial score (nSPS) is 17.0. The molecule has 0 saturated heterocycles. The van der Waals surface area contributed by atoms with E-state index in [0.29, 0.717) is 6.61 Å². The molecule has 1 aliphatic rings. The second kappa shape index (κ2) is 6.57. The van der Waals surface area contributed by atoms with Gasteiger partial charge in [-0.1, -0.05) is 24.3 Å². The van der Waals surface area contributed by atoms with Crippen molar-refractivity contribution >= 4 is 0 Å². The third-order valence-corrected chi connectivity index (χ3v) is 2.22. The highest BCUT2D eigenvalue weighted by Crippen LogP contribution is 2.18. The maximum atomic E-state index is 8.89. The molecule has 14 heavy (non-hydrogen) atoms.